The fraction of sp³-hybridized carbons (Fsp3) is 0.955. The summed E-state index contributed by atoms with van der Waals surface area (Å²) >= 11 is 0. The van der Waals surface area contributed by atoms with Gasteiger partial charge in [-0.05, 0) is 26.7 Å². The highest BCUT2D eigenvalue weighted by atomic mass is 16.7. The molecule has 1 heterocycles. The fourth-order valence-electron chi connectivity index (χ4n) is 3.71. The molecule has 0 aliphatic carbocycles. The molecule has 0 radical (unpaired) electrons. The van der Waals surface area contributed by atoms with Crippen molar-refractivity contribution < 1.29 is 34.7 Å². The molecular weight excluding hydrogens is 376 g/mol. The minimum absolute atomic E-state index is 0.0179. The van der Waals surface area contributed by atoms with Crippen molar-refractivity contribution in [3.05, 3.63) is 0 Å². The zero-order valence-electron chi connectivity index (χ0n) is 18.1. The van der Waals surface area contributed by atoms with Crippen molar-refractivity contribution in [3.63, 3.8) is 0 Å². The summed E-state index contributed by atoms with van der Waals surface area (Å²) < 4.78 is 11.4. The number of carbonyl (C=O) groups is 1. The average molecular weight is 418 g/mol. The van der Waals surface area contributed by atoms with Crippen molar-refractivity contribution in [1.29, 1.82) is 0 Å². The van der Waals surface area contributed by atoms with Crippen LogP contribution in [-0.4, -0.2) is 58.1 Å². The van der Waals surface area contributed by atoms with Crippen LogP contribution < -0.4 is 5.11 Å². The van der Waals surface area contributed by atoms with Crippen LogP contribution in [0.5, 0.6) is 0 Å². The van der Waals surface area contributed by atoms with E-state index in [1.165, 1.54) is 25.7 Å². The standard InChI is InChI=1S/C22H42O7/c1-16(28-22-20(25)15-19(24)17(2)29-22)12-10-8-6-4-3-5-7-9-11-13-18(23)14-21(26)27/h16-20,22-25H,3-15H2,1-2H3,(H,26,27)/p-1/t16-,17+,18-,19-,20-,22-/m1/s1. The molecule has 1 aliphatic heterocycles. The number of aliphatic carboxylic acids is 1. The second-order valence-electron chi connectivity index (χ2n) is 8.52. The molecule has 0 amide bonds. The number of rotatable bonds is 16. The van der Waals surface area contributed by atoms with Crippen molar-refractivity contribution in [2.45, 2.75) is 134 Å². The summed E-state index contributed by atoms with van der Waals surface area (Å²) in [6, 6.07) is 0. The van der Waals surface area contributed by atoms with Crippen molar-refractivity contribution in [3.8, 4) is 0 Å². The van der Waals surface area contributed by atoms with E-state index in [2.05, 4.69) is 0 Å². The van der Waals surface area contributed by atoms with Gasteiger partial charge in [0, 0.05) is 18.8 Å². The van der Waals surface area contributed by atoms with Crippen LogP contribution in [-0.2, 0) is 14.3 Å². The van der Waals surface area contributed by atoms with Crippen LogP contribution >= 0.6 is 0 Å². The molecule has 0 unspecified atom stereocenters. The molecule has 7 heteroatoms. The van der Waals surface area contributed by atoms with Crippen molar-refractivity contribution in [2.75, 3.05) is 0 Å². The third-order valence-electron chi connectivity index (χ3n) is 5.60. The molecule has 172 valence electrons. The fourth-order valence-corrected chi connectivity index (χ4v) is 3.71. The first kappa shape index (κ1) is 26.3. The molecule has 6 atom stereocenters. The Morgan fingerprint density at radius 3 is 2.07 bits per heavy atom. The molecule has 0 aromatic carbocycles. The normalized spacial score (nSPS) is 26.9. The first-order valence-corrected chi connectivity index (χ1v) is 11.3. The van der Waals surface area contributed by atoms with Crippen molar-refractivity contribution >= 4 is 5.97 Å². The second kappa shape index (κ2) is 15.1. The lowest BCUT2D eigenvalue weighted by molar-refractivity contribution is -0.307. The van der Waals surface area contributed by atoms with E-state index in [0.717, 1.165) is 38.5 Å². The van der Waals surface area contributed by atoms with Crippen LogP contribution in [0.1, 0.15) is 97.3 Å². The summed E-state index contributed by atoms with van der Waals surface area (Å²) in [4.78, 5) is 10.4. The number of aliphatic hydroxyl groups excluding tert-OH is 3. The first-order chi connectivity index (χ1) is 13.8. The third-order valence-corrected chi connectivity index (χ3v) is 5.60. The van der Waals surface area contributed by atoms with Gasteiger partial charge in [-0.2, -0.15) is 0 Å². The van der Waals surface area contributed by atoms with E-state index < -0.39 is 30.6 Å². The Morgan fingerprint density at radius 1 is 1.00 bits per heavy atom. The van der Waals surface area contributed by atoms with Crippen molar-refractivity contribution in [1.82, 2.24) is 0 Å². The van der Waals surface area contributed by atoms with Crippen LogP contribution in [0.2, 0.25) is 0 Å². The van der Waals surface area contributed by atoms with Gasteiger partial charge in [0.2, 0.25) is 0 Å². The van der Waals surface area contributed by atoms with E-state index in [1.807, 2.05) is 6.92 Å². The smallest absolute Gasteiger partial charge is 0.184 e. The van der Waals surface area contributed by atoms with E-state index in [0.29, 0.717) is 12.8 Å². The van der Waals surface area contributed by atoms with Gasteiger partial charge in [-0.15, -0.1) is 0 Å². The van der Waals surface area contributed by atoms with Gasteiger partial charge in [-0.3, -0.25) is 0 Å². The topological polar surface area (TPSA) is 119 Å². The number of hydrogen-bond acceptors (Lipinski definition) is 7. The predicted molar refractivity (Wildman–Crippen MR) is 108 cm³/mol. The van der Waals surface area contributed by atoms with E-state index in [1.54, 1.807) is 6.92 Å². The van der Waals surface area contributed by atoms with E-state index in [9.17, 15) is 25.2 Å². The molecule has 0 aromatic rings. The predicted octanol–water partition coefficient (Wildman–Crippen LogP) is 2.04. The molecule has 0 saturated carbocycles. The molecule has 0 aromatic heterocycles. The molecule has 0 spiro atoms. The Balaban J connectivity index is 1.91. The molecule has 3 N–H and O–H groups in total. The number of carboxylic acids is 1. The minimum atomic E-state index is -1.19. The Kier molecular flexibility index (Phi) is 13.7. The maximum Gasteiger partial charge on any atom is 0.184 e. The number of aliphatic hydroxyl groups is 3. The number of hydrogen-bond donors (Lipinski definition) is 3. The van der Waals surface area contributed by atoms with Gasteiger partial charge < -0.3 is 34.7 Å². The summed E-state index contributed by atoms with van der Waals surface area (Å²) in [5, 5.41) is 39.4. The summed E-state index contributed by atoms with van der Waals surface area (Å²) in [5.74, 6) is -1.19. The average Bonchev–Trinajstić information content (AvgIpc) is 2.63. The lowest BCUT2D eigenvalue weighted by atomic mass is 10.0. The molecule has 1 fully saturated rings. The Hall–Kier alpha value is -0.730. The Bertz CT molecular complexity index is 431. The molecule has 0 bridgehead atoms. The van der Waals surface area contributed by atoms with Gasteiger partial charge in [0.05, 0.1) is 24.4 Å². The first-order valence-electron chi connectivity index (χ1n) is 11.3. The van der Waals surface area contributed by atoms with Gasteiger partial charge in [0.15, 0.2) is 6.29 Å². The number of carbonyl (C=O) groups excluding carboxylic acids is 1. The molecular formula is C22H41O7-. The monoisotopic (exact) mass is 417 g/mol. The second-order valence-corrected chi connectivity index (χ2v) is 8.52. The number of carboxylic acid groups (broad SMARTS) is 1. The highest BCUT2D eigenvalue weighted by molar-refractivity contribution is 5.64. The van der Waals surface area contributed by atoms with Crippen LogP contribution in [0.4, 0.5) is 0 Å². The summed E-state index contributed by atoms with van der Waals surface area (Å²) in [6.45, 7) is 3.79. The maximum absolute atomic E-state index is 10.4. The zero-order valence-corrected chi connectivity index (χ0v) is 18.1. The summed E-state index contributed by atoms with van der Waals surface area (Å²) in [6.07, 6.45) is 8.41. The van der Waals surface area contributed by atoms with Crippen molar-refractivity contribution in [2.24, 2.45) is 0 Å². The van der Waals surface area contributed by atoms with E-state index >= 15 is 0 Å². The van der Waals surface area contributed by atoms with Crippen LogP contribution in [0.15, 0.2) is 0 Å². The number of unbranched alkanes of at least 4 members (excludes halogenated alkanes) is 8. The minimum Gasteiger partial charge on any atom is -0.550 e. The van der Waals surface area contributed by atoms with Crippen LogP contribution in [0.3, 0.4) is 0 Å². The maximum atomic E-state index is 10.4. The Morgan fingerprint density at radius 2 is 1.52 bits per heavy atom. The lowest BCUT2D eigenvalue weighted by Crippen LogP contribution is -2.48. The molecule has 1 aliphatic rings. The largest absolute Gasteiger partial charge is 0.550 e. The third kappa shape index (κ3) is 12.5. The van der Waals surface area contributed by atoms with E-state index in [4.69, 9.17) is 9.47 Å². The Labute approximate surface area is 175 Å². The molecule has 1 rings (SSSR count). The summed E-state index contributed by atoms with van der Waals surface area (Å²) in [7, 11) is 0. The molecule has 7 nitrogen and oxygen atoms in total. The van der Waals surface area contributed by atoms with Gasteiger partial charge in [-0.25, -0.2) is 0 Å². The van der Waals surface area contributed by atoms with E-state index in [-0.39, 0.29) is 18.6 Å². The number of ether oxygens (including phenoxy) is 2. The molecule has 29 heavy (non-hydrogen) atoms. The zero-order chi connectivity index (χ0) is 21.6. The lowest BCUT2D eigenvalue weighted by Gasteiger charge is -2.36. The summed E-state index contributed by atoms with van der Waals surface area (Å²) in [5.41, 5.74) is 0. The van der Waals surface area contributed by atoms with Gasteiger partial charge >= 0.3 is 0 Å². The molecule has 1 saturated heterocycles. The van der Waals surface area contributed by atoms with Crippen LogP contribution in [0.25, 0.3) is 0 Å². The quantitative estimate of drug-likeness (QED) is 0.329. The van der Waals surface area contributed by atoms with Crippen LogP contribution in [0, 0.1) is 0 Å². The SMILES string of the molecule is C[C@H](CCCCCCCCCCC[C@@H](O)CC(=O)[O-])O[C@@H]1O[C@@H](C)[C@H](O)C[C@H]1O. The highest BCUT2D eigenvalue weighted by Crippen LogP contribution is 2.23. The van der Waals surface area contributed by atoms with Gasteiger partial charge in [0.25, 0.3) is 0 Å². The van der Waals surface area contributed by atoms with Gasteiger partial charge in [0.1, 0.15) is 6.10 Å². The van der Waals surface area contributed by atoms with Gasteiger partial charge in [-0.1, -0.05) is 57.8 Å². The highest BCUT2D eigenvalue weighted by Gasteiger charge is 2.35.